The fraction of sp³-hybridized carbons (Fsp3) is 0.944. The van der Waals surface area contributed by atoms with Gasteiger partial charge in [-0.05, 0) is 70.9 Å². The molecule has 0 heterocycles. The Hall–Kier alpha value is -0.0800. The first-order valence-corrected chi connectivity index (χ1v) is 8.95. The molecule has 0 aliphatic carbocycles. The van der Waals surface area contributed by atoms with Crippen LogP contribution in [0.5, 0.6) is 0 Å². The highest BCUT2D eigenvalue weighted by atomic mass is 15.1. The standard InChI is InChI=1S/C18H39N2/c1-6-19(7-2)16-13-11-10-12-14-18(5)15-17-20(8-3)9-4/h14,18H,6-13,15-17H2,1-5H3. The highest BCUT2D eigenvalue weighted by Gasteiger charge is 2.05. The Morgan fingerprint density at radius 1 is 0.750 bits per heavy atom. The summed E-state index contributed by atoms with van der Waals surface area (Å²) >= 11 is 0. The number of unbranched alkanes of at least 4 members (excludes halogenated alkanes) is 3. The van der Waals surface area contributed by atoms with E-state index in [1.165, 1.54) is 71.4 Å². The Kier molecular flexibility index (Phi) is 13.8. The molecule has 0 aliphatic heterocycles. The highest BCUT2D eigenvalue weighted by molar-refractivity contribution is 4.74. The summed E-state index contributed by atoms with van der Waals surface area (Å²) in [5, 5.41) is 0. The third-order valence-electron chi connectivity index (χ3n) is 4.44. The van der Waals surface area contributed by atoms with Crippen molar-refractivity contribution in [2.45, 2.75) is 66.7 Å². The maximum Gasteiger partial charge on any atom is -0.00163 e. The fourth-order valence-corrected chi connectivity index (χ4v) is 2.64. The van der Waals surface area contributed by atoms with E-state index in [0.29, 0.717) is 0 Å². The van der Waals surface area contributed by atoms with Crippen LogP contribution >= 0.6 is 0 Å². The molecule has 121 valence electrons. The molecule has 0 spiro atoms. The lowest BCUT2D eigenvalue weighted by Gasteiger charge is -2.20. The van der Waals surface area contributed by atoms with E-state index < -0.39 is 0 Å². The second kappa shape index (κ2) is 13.9. The second-order valence-corrected chi connectivity index (χ2v) is 5.90. The van der Waals surface area contributed by atoms with Crippen LogP contribution in [-0.2, 0) is 0 Å². The van der Waals surface area contributed by atoms with Crippen LogP contribution in [0.1, 0.15) is 66.7 Å². The summed E-state index contributed by atoms with van der Waals surface area (Å²) in [6.07, 6.45) is 9.29. The number of rotatable bonds is 14. The lowest BCUT2D eigenvalue weighted by molar-refractivity contribution is 0.284. The molecule has 2 nitrogen and oxygen atoms in total. The maximum atomic E-state index is 2.54. The summed E-state index contributed by atoms with van der Waals surface area (Å²) in [6.45, 7) is 18.7. The van der Waals surface area contributed by atoms with Gasteiger partial charge in [-0.3, -0.25) is 0 Å². The van der Waals surface area contributed by atoms with E-state index in [9.17, 15) is 0 Å². The predicted molar refractivity (Wildman–Crippen MR) is 92.1 cm³/mol. The van der Waals surface area contributed by atoms with E-state index in [1.807, 2.05) is 0 Å². The van der Waals surface area contributed by atoms with Crippen LogP contribution in [0.2, 0.25) is 0 Å². The van der Waals surface area contributed by atoms with Gasteiger partial charge in [-0.25, -0.2) is 0 Å². The Morgan fingerprint density at radius 2 is 1.30 bits per heavy atom. The molecule has 0 aromatic rings. The molecule has 0 amide bonds. The molecule has 2 heteroatoms. The largest absolute Gasteiger partial charge is 0.304 e. The van der Waals surface area contributed by atoms with Crippen molar-refractivity contribution in [1.29, 1.82) is 0 Å². The topological polar surface area (TPSA) is 6.48 Å². The van der Waals surface area contributed by atoms with Crippen molar-refractivity contribution in [1.82, 2.24) is 9.80 Å². The zero-order valence-electron chi connectivity index (χ0n) is 14.8. The molecular weight excluding hydrogens is 244 g/mol. The smallest absolute Gasteiger partial charge is 0.00163 e. The maximum absolute atomic E-state index is 2.54. The molecule has 1 unspecified atom stereocenters. The zero-order valence-corrected chi connectivity index (χ0v) is 14.8. The first-order valence-electron chi connectivity index (χ1n) is 8.95. The molecule has 0 rings (SSSR count). The van der Waals surface area contributed by atoms with Crippen molar-refractivity contribution in [3.05, 3.63) is 6.42 Å². The summed E-state index contributed by atoms with van der Waals surface area (Å²) in [6, 6.07) is 0. The van der Waals surface area contributed by atoms with Gasteiger partial charge < -0.3 is 9.80 Å². The lowest BCUT2D eigenvalue weighted by Crippen LogP contribution is -2.25. The van der Waals surface area contributed by atoms with Crippen LogP contribution in [0.4, 0.5) is 0 Å². The first kappa shape index (κ1) is 19.9. The molecule has 0 aromatic carbocycles. The molecule has 0 aromatic heterocycles. The SMILES string of the molecule is CCN(CC)CCCCC[CH]C(C)CCN(CC)CC. The molecular formula is C18H39N2. The summed E-state index contributed by atoms with van der Waals surface area (Å²) in [5.74, 6) is 0.776. The number of hydrogen-bond donors (Lipinski definition) is 0. The van der Waals surface area contributed by atoms with Crippen molar-refractivity contribution < 1.29 is 0 Å². The van der Waals surface area contributed by atoms with E-state index in [2.05, 4.69) is 50.8 Å². The predicted octanol–water partition coefficient (Wildman–Crippen LogP) is 4.46. The van der Waals surface area contributed by atoms with Crippen LogP contribution < -0.4 is 0 Å². The Labute approximate surface area is 128 Å². The second-order valence-electron chi connectivity index (χ2n) is 5.90. The Balaban J connectivity index is 3.41. The number of hydrogen-bond acceptors (Lipinski definition) is 2. The Bertz CT molecular complexity index is 186. The van der Waals surface area contributed by atoms with Crippen molar-refractivity contribution in [2.75, 3.05) is 39.3 Å². The van der Waals surface area contributed by atoms with Crippen LogP contribution in [0.15, 0.2) is 0 Å². The third kappa shape index (κ3) is 10.7. The van der Waals surface area contributed by atoms with Gasteiger partial charge in [0.2, 0.25) is 0 Å². The Morgan fingerprint density at radius 3 is 1.85 bits per heavy atom. The van der Waals surface area contributed by atoms with Gasteiger partial charge in [0.15, 0.2) is 0 Å². The molecule has 0 aliphatic rings. The molecule has 20 heavy (non-hydrogen) atoms. The summed E-state index contributed by atoms with van der Waals surface area (Å²) in [4.78, 5) is 5.05. The van der Waals surface area contributed by atoms with Gasteiger partial charge in [0, 0.05) is 0 Å². The average molecular weight is 284 g/mol. The fourth-order valence-electron chi connectivity index (χ4n) is 2.64. The van der Waals surface area contributed by atoms with Gasteiger partial charge in [0.1, 0.15) is 0 Å². The minimum Gasteiger partial charge on any atom is -0.304 e. The molecule has 0 bridgehead atoms. The minimum absolute atomic E-state index is 0.776. The van der Waals surface area contributed by atoms with Gasteiger partial charge in [0.05, 0.1) is 0 Å². The zero-order chi connectivity index (χ0) is 15.2. The highest BCUT2D eigenvalue weighted by Crippen LogP contribution is 2.13. The molecule has 1 radical (unpaired) electrons. The monoisotopic (exact) mass is 283 g/mol. The van der Waals surface area contributed by atoms with E-state index >= 15 is 0 Å². The normalized spacial score (nSPS) is 13.3. The summed E-state index contributed by atoms with van der Waals surface area (Å²) < 4.78 is 0. The number of nitrogens with zero attached hydrogens (tertiary/aromatic N) is 2. The molecule has 0 saturated carbocycles. The van der Waals surface area contributed by atoms with Gasteiger partial charge in [-0.15, -0.1) is 0 Å². The van der Waals surface area contributed by atoms with Crippen LogP contribution in [0.3, 0.4) is 0 Å². The van der Waals surface area contributed by atoms with Crippen LogP contribution in [0, 0.1) is 12.3 Å². The van der Waals surface area contributed by atoms with Gasteiger partial charge >= 0.3 is 0 Å². The first-order chi connectivity index (χ1) is 9.67. The van der Waals surface area contributed by atoms with Crippen LogP contribution in [-0.4, -0.2) is 49.1 Å². The summed E-state index contributed by atoms with van der Waals surface area (Å²) in [7, 11) is 0. The quantitative estimate of drug-likeness (QED) is 0.434. The summed E-state index contributed by atoms with van der Waals surface area (Å²) in [5.41, 5.74) is 0. The third-order valence-corrected chi connectivity index (χ3v) is 4.44. The van der Waals surface area contributed by atoms with Gasteiger partial charge in [0.25, 0.3) is 0 Å². The molecule has 1 atom stereocenters. The average Bonchev–Trinajstić information content (AvgIpc) is 2.47. The van der Waals surface area contributed by atoms with E-state index in [1.54, 1.807) is 0 Å². The van der Waals surface area contributed by atoms with Crippen LogP contribution in [0.25, 0.3) is 0 Å². The van der Waals surface area contributed by atoms with E-state index in [0.717, 1.165) is 5.92 Å². The van der Waals surface area contributed by atoms with E-state index in [4.69, 9.17) is 0 Å². The minimum atomic E-state index is 0.776. The molecule has 0 saturated heterocycles. The van der Waals surface area contributed by atoms with Gasteiger partial charge in [-0.2, -0.15) is 0 Å². The molecule has 0 fully saturated rings. The van der Waals surface area contributed by atoms with Crippen molar-refractivity contribution in [3.63, 3.8) is 0 Å². The van der Waals surface area contributed by atoms with E-state index in [-0.39, 0.29) is 0 Å². The van der Waals surface area contributed by atoms with Crippen molar-refractivity contribution in [2.24, 2.45) is 5.92 Å². The van der Waals surface area contributed by atoms with Gasteiger partial charge in [-0.1, -0.05) is 47.5 Å². The molecule has 0 N–H and O–H groups in total. The van der Waals surface area contributed by atoms with Crippen molar-refractivity contribution >= 4 is 0 Å². The lowest BCUT2D eigenvalue weighted by atomic mass is 9.99. The van der Waals surface area contributed by atoms with Crippen molar-refractivity contribution in [3.8, 4) is 0 Å².